The number of benzene rings is 1. The number of amides is 1. The first-order chi connectivity index (χ1) is 8.08. The Balaban J connectivity index is 2.20. The quantitative estimate of drug-likeness (QED) is 0.856. The van der Waals surface area contributed by atoms with Crippen molar-refractivity contribution in [3.05, 3.63) is 41.5 Å². The molecule has 0 unspecified atom stereocenters. The standard InChI is InChI=1S/C11H11FN4O/c1-7-5-8(3-4-9(7)12)10(17)15-11-13-6-14-16(11)2/h3-6H,1-2H3,(H,13,14,15,17). The summed E-state index contributed by atoms with van der Waals surface area (Å²) in [5.74, 6) is -0.332. The first kappa shape index (κ1) is 11.3. The summed E-state index contributed by atoms with van der Waals surface area (Å²) in [4.78, 5) is 15.7. The molecule has 0 spiro atoms. The highest BCUT2D eigenvalue weighted by Gasteiger charge is 2.10. The van der Waals surface area contributed by atoms with Gasteiger partial charge in [-0.05, 0) is 30.7 Å². The number of nitrogens with one attached hydrogen (secondary N) is 1. The van der Waals surface area contributed by atoms with E-state index in [0.29, 0.717) is 17.1 Å². The molecule has 0 aliphatic carbocycles. The summed E-state index contributed by atoms with van der Waals surface area (Å²) in [5.41, 5.74) is 0.808. The van der Waals surface area contributed by atoms with Crippen LogP contribution in [0.15, 0.2) is 24.5 Å². The third-order valence-corrected chi connectivity index (χ3v) is 2.36. The van der Waals surface area contributed by atoms with E-state index in [1.54, 1.807) is 14.0 Å². The summed E-state index contributed by atoms with van der Waals surface area (Å²) in [7, 11) is 1.67. The summed E-state index contributed by atoms with van der Waals surface area (Å²) in [6.07, 6.45) is 1.34. The minimum absolute atomic E-state index is 0.333. The molecule has 1 amide bonds. The topological polar surface area (TPSA) is 59.8 Å². The minimum Gasteiger partial charge on any atom is -0.291 e. The molecule has 0 saturated carbocycles. The molecule has 88 valence electrons. The number of halogens is 1. The zero-order chi connectivity index (χ0) is 12.4. The molecule has 1 aromatic heterocycles. The van der Waals surface area contributed by atoms with Crippen LogP contribution in [-0.2, 0) is 7.05 Å². The third kappa shape index (κ3) is 2.30. The van der Waals surface area contributed by atoms with Crippen LogP contribution >= 0.6 is 0 Å². The fourth-order valence-corrected chi connectivity index (χ4v) is 1.37. The average molecular weight is 234 g/mol. The molecule has 2 rings (SSSR count). The van der Waals surface area contributed by atoms with Crippen molar-refractivity contribution in [1.29, 1.82) is 0 Å². The van der Waals surface area contributed by atoms with Crippen molar-refractivity contribution in [2.45, 2.75) is 6.92 Å². The van der Waals surface area contributed by atoms with Crippen molar-refractivity contribution >= 4 is 11.9 Å². The molecule has 0 aliphatic heterocycles. The molecule has 17 heavy (non-hydrogen) atoms. The maximum absolute atomic E-state index is 13.0. The summed E-state index contributed by atoms with van der Waals surface area (Å²) in [5, 5.41) is 6.41. The Hall–Kier alpha value is -2.24. The van der Waals surface area contributed by atoms with Gasteiger partial charge in [-0.25, -0.2) is 9.07 Å². The maximum atomic E-state index is 13.0. The van der Waals surface area contributed by atoms with Crippen LogP contribution in [0.1, 0.15) is 15.9 Å². The fourth-order valence-electron chi connectivity index (χ4n) is 1.37. The van der Waals surface area contributed by atoms with Gasteiger partial charge < -0.3 is 0 Å². The zero-order valence-electron chi connectivity index (χ0n) is 9.44. The predicted molar refractivity (Wildman–Crippen MR) is 60.1 cm³/mol. The Morgan fingerprint density at radius 2 is 2.24 bits per heavy atom. The van der Waals surface area contributed by atoms with E-state index in [2.05, 4.69) is 15.4 Å². The SMILES string of the molecule is Cc1cc(C(=O)Nc2ncnn2C)ccc1F. The van der Waals surface area contributed by atoms with Gasteiger partial charge in [0.15, 0.2) is 0 Å². The Morgan fingerprint density at radius 3 is 2.82 bits per heavy atom. The molecule has 1 heterocycles. The van der Waals surface area contributed by atoms with Crippen molar-refractivity contribution in [1.82, 2.24) is 14.8 Å². The lowest BCUT2D eigenvalue weighted by molar-refractivity contribution is 0.102. The number of rotatable bonds is 2. The molecule has 0 bridgehead atoms. The van der Waals surface area contributed by atoms with Crippen LogP contribution in [0.2, 0.25) is 0 Å². The highest BCUT2D eigenvalue weighted by atomic mass is 19.1. The molecule has 1 N–H and O–H groups in total. The zero-order valence-corrected chi connectivity index (χ0v) is 9.44. The largest absolute Gasteiger partial charge is 0.291 e. The number of carbonyl (C=O) groups is 1. The predicted octanol–water partition coefficient (Wildman–Crippen LogP) is 1.51. The summed E-state index contributed by atoms with van der Waals surface area (Å²) >= 11 is 0. The first-order valence-electron chi connectivity index (χ1n) is 4.99. The maximum Gasteiger partial charge on any atom is 0.258 e. The Bertz CT molecular complexity index is 564. The van der Waals surface area contributed by atoms with Crippen LogP contribution in [0.25, 0.3) is 0 Å². The Labute approximate surface area is 97.3 Å². The van der Waals surface area contributed by atoms with Gasteiger partial charge in [0.25, 0.3) is 5.91 Å². The van der Waals surface area contributed by atoms with E-state index >= 15 is 0 Å². The summed E-state index contributed by atoms with van der Waals surface area (Å²) in [6.45, 7) is 1.61. The lowest BCUT2D eigenvalue weighted by Crippen LogP contribution is -2.15. The molecule has 0 fully saturated rings. The van der Waals surface area contributed by atoms with Gasteiger partial charge in [0.2, 0.25) is 5.95 Å². The summed E-state index contributed by atoms with van der Waals surface area (Å²) in [6, 6.07) is 4.18. The summed E-state index contributed by atoms with van der Waals surface area (Å²) < 4.78 is 14.5. The Morgan fingerprint density at radius 1 is 1.47 bits per heavy atom. The minimum atomic E-state index is -0.343. The van der Waals surface area contributed by atoms with Crippen LogP contribution < -0.4 is 5.32 Å². The van der Waals surface area contributed by atoms with E-state index in [-0.39, 0.29) is 11.7 Å². The first-order valence-corrected chi connectivity index (χ1v) is 4.99. The van der Waals surface area contributed by atoms with Gasteiger partial charge in [0.05, 0.1) is 0 Å². The van der Waals surface area contributed by atoms with E-state index in [1.807, 2.05) is 0 Å². The molecule has 0 saturated heterocycles. The van der Waals surface area contributed by atoms with E-state index in [0.717, 1.165) is 0 Å². The molecular weight excluding hydrogens is 223 g/mol. The third-order valence-electron chi connectivity index (χ3n) is 2.36. The van der Waals surface area contributed by atoms with Crippen molar-refractivity contribution in [2.75, 3.05) is 5.32 Å². The molecule has 6 heteroatoms. The Kier molecular flexibility index (Phi) is 2.86. The van der Waals surface area contributed by atoms with Gasteiger partial charge in [0, 0.05) is 12.6 Å². The average Bonchev–Trinajstić information content (AvgIpc) is 2.68. The van der Waals surface area contributed by atoms with Gasteiger partial charge in [0.1, 0.15) is 12.1 Å². The van der Waals surface area contributed by atoms with Crippen molar-refractivity contribution in [2.24, 2.45) is 7.05 Å². The van der Waals surface area contributed by atoms with E-state index in [1.165, 1.54) is 29.2 Å². The van der Waals surface area contributed by atoms with Gasteiger partial charge in [-0.2, -0.15) is 10.1 Å². The number of aryl methyl sites for hydroxylation is 2. The second-order valence-electron chi connectivity index (χ2n) is 3.63. The normalized spacial score (nSPS) is 10.3. The second kappa shape index (κ2) is 4.32. The van der Waals surface area contributed by atoms with E-state index in [4.69, 9.17) is 0 Å². The molecular formula is C11H11FN4O. The van der Waals surface area contributed by atoms with Crippen LogP contribution in [0, 0.1) is 12.7 Å². The lowest BCUT2D eigenvalue weighted by Gasteiger charge is -2.05. The van der Waals surface area contributed by atoms with Crippen molar-refractivity contribution < 1.29 is 9.18 Å². The molecule has 0 atom stereocenters. The van der Waals surface area contributed by atoms with Crippen LogP contribution in [0.4, 0.5) is 10.3 Å². The number of anilines is 1. The lowest BCUT2D eigenvalue weighted by atomic mass is 10.1. The highest BCUT2D eigenvalue weighted by molar-refractivity contribution is 6.03. The number of aromatic nitrogens is 3. The molecule has 2 aromatic rings. The number of hydrogen-bond acceptors (Lipinski definition) is 3. The molecule has 0 aliphatic rings. The van der Waals surface area contributed by atoms with Gasteiger partial charge in [-0.1, -0.05) is 0 Å². The van der Waals surface area contributed by atoms with Crippen LogP contribution in [0.5, 0.6) is 0 Å². The number of nitrogens with zero attached hydrogens (tertiary/aromatic N) is 3. The van der Waals surface area contributed by atoms with Crippen LogP contribution in [-0.4, -0.2) is 20.7 Å². The van der Waals surface area contributed by atoms with Crippen molar-refractivity contribution in [3.63, 3.8) is 0 Å². The number of hydrogen-bond donors (Lipinski definition) is 1. The van der Waals surface area contributed by atoms with Gasteiger partial charge >= 0.3 is 0 Å². The van der Waals surface area contributed by atoms with Crippen LogP contribution in [0.3, 0.4) is 0 Å². The monoisotopic (exact) mass is 234 g/mol. The fraction of sp³-hybridized carbons (Fsp3) is 0.182. The second-order valence-corrected chi connectivity index (χ2v) is 3.63. The van der Waals surface area contributed by atoms with Gasteiger partial charge in [-0.15, -0.1) is 0 Å². The van der Waals surface area contributed by atoms with Gasteiger partial charge in [-0.3, -0.25) is 10.1 Å². The number of carbonyl (C=O) groups excluding carboxylic acids is 1. The van der Waals surface area contributed by atoms with Crippen molar-refractivity contribution in [3.8, 4) is 0 Å². The molecule has 0 radical (unpaired) electrons. The van der Waals surface area contributed by atoms with E-state index < -0.39 is 0 Å². The molecule has 5 nitrogen and oxygen atoms in total. The smallest absolute Gasteiger partial charge is 0.258 e. The highest BCUT2D eigenvalue weighted by Crippen LogP contribution is 2.10. The molecule has 1 aromatic carbocycles. The van der Waals surface area contributed by atoms with E-state index in [9.17, 15) is 9.18 Å².